The predicted octanol–water partition coefficient (Wildman–Crippen LogP) is 2.76. The first-order chi connectivity index (χ1) is 7.59. The van der Waals surface area contributed by atoms with E-state index < -0.39 is 0 Å². The number of carbonyl (C=O) groups is 1. The van der Waals surface area contributed by atoms with Gasteiger partial charge in [-0.1, -0.05) is 13.3 Å². The highest BCUT2D eigenvalue weighted by atomic mass is 79.9. The first kappa shape index (κ1) is 11.6. The zero-order valence-electron chi connectivity index (χ0n) is 9.29. The highest BCUT2D eigenvalue weighted by molar-refractivity contribution is 9.10. The first-order valence-electron chi connectivity index (χ1n) is 5.49. The molecule has 1 amide bonds. The third-order valence-electron chi connectivity index (χ3n) is 3.23. The molecule has 0 unspecified atom stereocenters. The molecule has 0 bridgehead atoms. The van der Waals surface area contributed by atoms with Crippen LogP contribution >= 0.6 is 15.9 Å². The van der Waals surface area contributed by atoms with Gasteiger partial charge in [0.1, 0.15) is 4.60 Å². The van der Waals surface area contributed by atoms with Crippen molar-refractivity contribution in [2.24, 2.45) is 5.41 Å². The third-order valence-corrected chi connectivity index (χ3v) is 3.66. The Hall–Kier alpha value is -0.900. The number of hydrogen-bond acceptors (Lipinski definition) is 2. The van der Waals surface area contributed by atoms with Crippen molar-refractivity contribution < 1.29 is 4.79 Å². The number of nitrogens with one attached hydrogen (secondary N) is 1. The van der Waals surface area contributed by atoms with Gasteiger partial charge in [0.15, 0.2) is 0 Å². The van der Waals surface area contributed by atoms with Gasteiger partial charge < -0.3 is 5.32 Å². The van der Waals surface area contributed by atoms with Gasteiger partial charge in [-0.05, 0) is 46.3 Å². The summed E-state index contributed by atoms with van der Waals surface area (Å²) in [6.07, 6.45) is 5.35. The standard InChI is InChI=1S/C12H15BrN2O/c1-12(4-2-5-12)8-15-11(16)9-3-6-14-10(13)7-9/h3,6-7H,2,4-5,8H2,1H3,(H,15,16). The van der Waals surface area contributed by atoms with E-state index in [1.807, 2.05) is 0 Å². The molecular formula is C12H15BrN2O. The Morgan fingerprint density at radius 2 is 2.38 bits per heavy atom. The number of rotatable bonds is 3. The van der Waals surface area contributed by atoms with Gasteiger partial charge in [0, 0.05) is 18.3 Å². The summed E-state index contributed by atoms with van der Waals surface area (Å²) in [6, 6.07) is 3.46. The average molecular weight is 283 g/mol. The quantitative estimate of drug-likeness (QED) is 0.867. The van der Waals surface area contributed by atoms with Crippen LogP contribution in [0.2, 0.25) is 0 Å². The zero-order chi connectivity index (χ0) is 11.6. The molecule has 86 valence electrons. The van der Waals surface area contributed by atoms with E-state index in [-0.39, 0.29) is 5.91 Å². The molecular weight excluding hydrogens is 268 g/mol. The Morgan fingerprint density at radius 3 is 2.94 bits per heavy atom. The Kier molecular flexibility index (Phi) is 3.28. The van der Waals surface area contributed by atoms with Crippen LogP contribution < -0.4 is 5.32 Å². The van der Waals surface area contributed by atoms with Crippen molar-refractivity contribution in [2.45, 2.75) is 26.2 Å². The van der Waals surface area contributed by atoms with Gasteiger partial charge >= 0.3 is 0 Å². The second-order valence-corrected chi connectivity index (χ2v) is 5.53. The summed E-state index contributed by atoms with van der Waals surface area (Å²) in [5.41, 5.74) is 0.977. The highest BCUT2D eigenvalue weighted by Gasteiger charge is 2.31. The Labute approximate surface area is 104 Å². The van der Waals surface area contributed by atoms with Crippen molar-refractivity contribution >= 4 is 21.8 Å². The van der Waals surface area contributed by atoms with Crippen molar-refractivity contribution in [3.63, 3.8) is 0 Å². The van der Waals surface area contributed by atoms with Crippen LogP contribution in [0.15, 0.2) is 22.9 Å². The number of nitrogens with zero attached hydrogens (tertiary/aromatic N) is 1. The second kappa shape index (κ2) is 4.53. The maximum absolute atomic E-state index is 11.8. The first-order valence-corrected chi connectivity index (χ1v) is 6.28. The van der Waals surface area contributed by atoms with Crippen LogP contribution in [0.25, 0.3) is 0 Å². The number of hydrogen-bond donors (Lipinski definition) is 1. The van der Waals surface area contributed by atoms with E-state index in [0.29, 0.717) is 15.6 Å². The molecule has 0 atom stereocenters. The van der Waals surface area contributed by atoms with Crippen molar-refractivity contribution in [3.8, 4) is 0 Å². The number of carbonyl (C=O) groups excluding carboxylic acids is 1. The highest BCUT2D eigenvalue weighted by Crippen LogP contribution is 2.39. The van der Waals surface area contributed by atoms with Crippen LogP contribution in [-0.2, 0) is 0 Å². The lowest BCUT2D eigenvalue weighted by atomic mass is 9.70. The largest absolute Gasteiger partial charge is 0.351 e. The minimum atomic E-state index is -0.0174. The molecule has 0 spiro atoms. The maximum atomic E-state index is 11.8. The van der Waals surface area contributed by atoms with Gasteiger partial charge in [0.05, 0.1) is 0 Å². The molecule has 0 saturated heterocycles. The molecule has 3 nitrogen and oxygen atoms in total. The van der Waals surface area contributed by atoms with Crippen LogP contribution in [-0.4, -0.2) is 17.4 Å². The summed E-state index contributed by atoms with van der Waals surface area (Å²) in [5, 5.41) is 2.98. The summed E-state index contributed by atoms with van der Waals surface area (Å²) in [5.74, 6) is -0.0174. The van der Waals surface area contributed by atoms with Crippen LogP contribution in [0, 0.1) is 5.41 Å². The van der Waals surface area contributed by atoms with E-state index in [9.17, 15) is 4.79 Å². The van der Waals surface area contributed by atoms with Crippen LogP contribution in [0.3, 0.4) is 0 Å². The Morgan fingerprint density at radius 1 is 1.62 bits per heavy atom. The fraction of sp³-hybridized carbons (Fsp3) is 0.500. The van der Waals surface area contributed by atoms with E-state index in [1.165, 1.54) is 19.3 Å². The number of pyridine rings is 1. The lowest BCUT2D eigenvalue weighted by Crippen LogP contribution is -2.39. The molecule has 1 aliphatic rings. The van der Waals surface area contributed by atoms with Gasteiger partial charge in [-0.2, -0.15) is 0 Å². The summed E-state index contributed by atoms with van der Waals surface area (Å²) in [7, 11) is 0. The number of halogens is 1. The van der Waals surface area contributed by atoms with E-state index >= 15 is 0 Å². The molecule has 1 heterocycles. The topological polar surface area (TPSA) is 42.0 Å². The predicted molar refractivity (Wildman–Crippen MR) is 66.2 cm³/mol. The van der Waals surface area contributed by atoms with E-state index in [2.05, 4.69) is 33.2 Å². The van der Waals surface area contributed by atoms with Crippen molar-refractivity contribution in [1.82, 2.24) is 10.3 Å². The summed E-state index contributed by atoms with van der Waals surface area (Å²) in [4.78, 5) is 15.8. The Balaban J connectivity index is 1.93. The number of amides is 1. The van der Waals surface area contributed by atoms with Crippen molar-refractivity contribution in [2.75, 3.05) is 6.54 Å². The fourth-order valence-corrected chi connectivity index (χ4v) is 2.26. The molecule has 0 aromatic carbocycles. The zero-order valence-corrected chi connectivity index (χ0v) is 10.9. The van der Waals surface area contributed by atoms with Gasteiger partial charge in [0.2, 0.25) is 0 Å². The average Bonchev–Trinajstić information content (AvgIpc) is 2.23. The van der Waals surface area contributed by atoms with Crippen LogP contribution in [0.4, 0.5) is 0 Å². The van der Waals surface area contributed by atoms with E-state index in [0.717, 1.165) is 6.54 Å². The number of aromatic nitrogens is 1. The van der Waals surface area contributed by atoms with E-state index in [4.69, 9.17) is 0 Å². The SMILES string of the molecule is CC1(CNC(=O)c2ccnc(Br)c2)CCC1. The van der Waals surface area contributed by atoms with Gasteiger partial charge in [-0.25, -0.2) is 4.98 Å². The maximum Gasteiger partial charge on any atom is 0.251 e. The van der Waals surface area contributed by atoms with Crippen molar-refractivity contribution in [1.29, 1.82) is 0 Å². The molecule has 1 aromatic heterocycles. The molecule has 0 radical (unpaired) electrons. The smallest absolute Gasteiger partial charge is 0.251 e. The lowest BCUT2D eigenvalue weighted by Gasteiger charge is -2.38. The molecule has 1 fully saturated rings. The Bertz CT molecular complexity index is 402. The molecule has 1 aromatic rings. The molecule has 16 heavy (non-hydrogen) atoms. The minimum Gasteiger partial charge on any atom is -0.351 e. The summed E-state index contributed by atoms with van der Waals surface area (Å²) < 4.78 is 0.690. The monoisotopic (exact) mass is 282 g/mol. The normalized spacial score (nSPS) is 17.6. The molecule has 0 aliphatic heterocycles. The van der Waals surface area contributed by atoms with Crippen LogP contribution in [0.1, 0.15) is 36.5 Å². The molecule has 1 aliphatic carbocycles. The molecule has 1 saturated carbocycles. The second-order valence-electron chi connectivity index (χ2n) is 4.71. The van der Waals surface area contributed by atoms with Gasteiger partial charge in [-0.3, -0.25) is 4.79 Å². The molecule has 2 rings (SSSR count). The summed E-state index contributed by atoms with van der Waals surface area (Å²) >= 11 is 3.25. The lowest BCUT2D eigenvalue weighted by molar-refractivity contribution is 0.0890. The van der Waals surface area contributed by atoms with Gasteiger partial charge in [0.25, 0.3) is 5.91 Å². The summed E-state index contributed by atoms with van der Waals surface area (Å²) in [6.45, 7) is 2.99. The van der Waals surface area contributed by atoms with Gasteiger partial charge in [-0.15, -0.1) is 0 Å². The molecule has 1 N–H and O–H groups in total. The third kappa shape index (κ3) is 2.61. The van der Waals surface area contributed by atoms with Crippen LogP contribution in [0.5, 0.6) is 0 Å². The van der Waals surface area contributed by atoms with E-state index in [1.54, 1.807) is 18.3 Å². The van der Waals surface area contributed by atoms with Crippen molar-refractivity contribution in [3.05, 3.63) is 28.5 Å². The minimum absolute atomic E-state index is 0.0174. The fourth-order valence-electron chi connectivity index (χ4n) is 1.90. The molecule has 4 heteroatoms.